The maximum atomic E-state index is 12.2. The van der Waals surface area contributed by atoms with E-state index in [4.69, 9.17) is 31.4 Å². The molecular weight excluding hydrogens is 426 g/mol. The summed E-state index contributed by atoms with van der Waals surface area (Å²) in [6.07, 6.45) is 0. The molecule has 31 heavy (non-hydrogen) atoms. The number of carbonyl (C=O) groups is 6. The fraction of sp³-hybridized carbons (Fsp3) is 0.600. The molecule has 176 valence electrons. The van der Waals surface area contributed by atoms with Gasteiger partial charge in [0.2, 0.25) is 0 Å². The smallest absolute Gasteiger partial charge is 0.317 e. The molecule has 0 aliphatic carbocycles. The van der Waals surface area contributed by atoms with Crippen molar-refractivity contribution < 1.29 is 54.3 Å². The molecule has 0 radical (unpaired) electrons. The second-order valence-electron chi connectivity index (χ2n) is 6.34. The van der Waals surface area contributed by atoms with E-state index in [2.05, 4.69) is 0 Å². The summed E-state index contributed by atoms with van der Waals surface area (Å²) >= 11 is 0. The molecule has 16 heteroatoms. The van der Waals surface area contributed by atoms with Crippen molar-refractivity contribution >= 4 is 35.8 Å². The Morgan fingerprint density at radius 2 is 1.00 bits per heavy atom. The number of carboxylic acids is 5. The highest BCUT2D eigenvalue weighted by molar-refractivity contribution is 5.83. The van der Waals surface area contributed by atoms with Crippen molar-refractivity contribution in [1.29, 1.82) is 0 Å². The Morgan fingerprint density at radius 1 is 0.645 bits per heavy atom. The SMILES string of the molecule is NNC(=O)C(CN(CCN(CC(=O)O)CC(=O)O)CC(=O)O)N(CC(=O)O)CC(=O)O. The molecule has 8 N–H and O–H groups in total. The van der Waals surface area contributed by atoms with Crippen molar-refractivity contribution in [3.05, 3.63) is 0 Å². The Balaban J connectivity index is 5.61. The highest BCUT2D eigenvalue weighted by Gasteiger charge is 2.31. The number of hydrogen-bond acceptors (Lipinski definition) is 10. The van der Waals surface area contributed by atoms with Gasteiger partial charge in [-0.3, -0.25) is 48.9 Å². The van der Waals surface area contributed by atoms with Crippen LogP contribution in [0.1, 0.15) is 0 Å². The highest BCUT2D eigenvalue weighted by atomic mass is 16.4. The third kappa shape index (κ3) is 12.7. The summed E-state index contributed by atoms with van der Waals surface area (Å²) in [5, 5.41) is 44.9. The summed E-state index contributed by atoms with van der Waals surface area (Å²) in [6, 6.07) is -1.48. The Morgan fingerprint density at radius 3 is 1.35 bits per heavy atom. The number of aliphatic carboxylic acids is 5. The molecule has 0 saturated heterocycles. The molecule has 0 aromatic heterocycles. The van der Waals surface area contributed by atoms with E-state index in [0.717, 1.165) is 14.7 Å². The Hall–Kier alpha value is -3.34. The van der Waals surface area contributed by atoms with Crippen LogP contribution in [-0.2, 0) is 28.8 Å². The topological polar surface area (TPSA) is 251 Å². The molecule has 0 aliphatic heterocycles. The number of carboxylic acid groups (broad SMARTS) is 5. The maximum absolute atomic E-state index is 12.2. The van der Waals surface area contributed by atoms with Crippen molar-refractivity contribution in [3.8, 4) is 0 Å². The fourth-order valence-electron chi connectivity index (χ4n) is 2.63. The van der Waals surface area contributed by atoms with Gasteiger partial charge in [0.25, 0.3) is 5.91 Å². The maximum Gasteiger partial charge on any atom is 0.317 e. The monoisotopic (exact) mass is 451 g/mol. The van der Waals surface area contributed by atoms with Crippen molar-refractivity contribution in [2.75, 3.05) is 52.4 Å². The summed E-state index contributed by atoms with van der Waals surface area (Å²) in [7, 11) is 0. The minimum Gasteiger partial charge on any atom is -0.480 e. The zero-order valence-electron chi connectivity index (χ0n) is 16.3. The second-order valence-corrected chi connectivity index (χ2v) is 6.34. The number of hydrogen-bond donors (Lipinski definition) is 7. The van der Waals surface area contributed by atoms with Crippen LogP contribution in [0, 0.1) is 0 Å². The number of hydrazine groups is 1. The van der Waals surface area contributed by atoms with E-state index in [0.29, 0.717) is 0 Å². The van der Waals surface area contributed by atoms with Crippen LogP contribution in [0.4, 0.5) is 0 Å². The molecule has 16 nitrogen and oxygen atoms in total. The minimum atomic E-state index is -1.48. The normalized spacial score (nSPS) is 12.0. The van der Waals surface area contributed by atoms with Crippen molar-refractivity contribution in [3.63, 3.8) is 0 Å². The number of nitrogens with two attached hydrogens (primary N) is 1. The van der Waals surface area contributed by atoms with E-state index < -0.39 is 81.1 Å². The van der Waals surface area contributed by atoms with Gasteiger partial charge in [0, 0.05) is 19.6 Å². The first-order chi connectivity index (χ1) is 14.3. The molecule has 0 spiro atoms. The fourth-order valence-corrected chi connectivity index (χ4v) is 2.63. The van der Waals surface area contributed by atoms with E-state index in [1.54, 1.807) is 5.43 Å². The lowest BCUT2D eigenvalue weighted by Crippen LogP contribution is -2.57. The van der Waals surface area contributed by atoms with Crippen LogP contribution in [0.15, 0.2) is 0 Å². The van der Waals surface area contributed by atoms with Crippen LogP contribution < -0.4 is 11.3 Å². The van der Waals surface area contributed by atoms with Crippen LogP contribution in [0.5, 0.6) is 0 Å². The van der Waals surface area contributed by atoms with Crippen LogP contribution in [-0.4, -0.2) is 134 Å². The first kappa shape index (κ1) is 27.7. The van der Waals surface area contributed by atoms with Gasteiger partial charge in [-0.25, -0.2) is 5.84 Å². The quantitative estimate of drug-likeness (QED) is 0.0627. The van der Waals surface area contributed by atoms with Gasteiger partial charge in [0.15, 0.2) is 0 Å². The lowest BCUT2D eigenvalue weighted by molar-refractivity contribution is -0.146. The predicted molar refractivity (Wildman–Crippen MR) is 98.8 cm³/mol. The summed E-state index contributed by atoms with van der Waals surface area (Å²) in [5.41, 5.74) is 1.76. The van der Waals surface area contributed by atoms with Crippen LogP contribution in [0.2, 0.25) is 0 Å². The third-order valence-electron chi connectivity index (χ3n) is 3.80. The zero-order chi connectivity index (χ0) is 24.1. The van der Waals surface area contributed by atoms with E-state index in [9.17, 15) is 28.8 Å². The van der Waals surface area contributed by atoms with Gasteiger partial charge < -0.3 is 25.5 Å². The predicted octanol–water partition coefficient (Wildman–Crippen LogP) is -4.33. The molecule has 0 aromatic rings. The largest absolute Gasteiger partial charge is 0.480 e. The summed E-state index contributed by atoms with van der Waals surface area (Å²) < 4.78 is 0. The average Bonchev–Trinajstić information content (AvgIpc) is 2.60. The number of nitrogens with zero attached hydrogens (tertiary/aromatic N) is 3. The van der Waals surface area contributed by atoms with Gasteiger partial charge in [0.1, 0.15) is 6.04 Å². The summed E-state index contributed by atoms with van der Waals surface area (Å²) in [4.78, 5) is 70.1. The molecule has 1 atom stereocenters. The first-order valence-electron chi connectivity index (χ1n) is 8.63. The standard InChI is InChI=1S/C15H25N5O11/c16-17-15(31)9(20(7-13(27)28)8-14(29)30)3-18(4-10(21)22)1-2-19(5-11(23)24)6-12(25)26/h9H,1-8,16H2,(H,17,31)(H,21,22)(H,23,24)(H,25,26)(H,27,28)(H,29,30). The van der Waals surface area contributed by atoms with E-state index in [1.807, 2.05) is 0 Å². The molecule has 0 bridgehead atoms. The molecule has 1 amide bonds. The van der Waals surface area contributed by atoms with Crippen LogP contribution in [0.25, 0.3) is 0 Å². The molecule has 1 unspecified atom stereocenters. The Kier molecular flexibility index (Phi) is 12.3. The number of amides is 1. The van der Waals surface area contributed by atoms with Gasteiger partial charge in [-0.1, -0.05) is 0 Å². The highest BCUT2D eigenvalue weighted by Crippen LogP contribution is 2.05. The van der Waals surface area contributed by atoms with E-state index in [1.165, 1.54) is 0 Å². The van der Waals surface area contributed by atoms with Crippen LogP contribution >= 0.6 is 0 Å². The number of carbonyl (C=O) groups excluding carboxylic acids is 1. The molecule has 0 aromatic carbocycles. The number of nitrogens with one attached hydrogen (secondary N) is 1. The summed E-state index contributed by atoms with van der Waals surface area (Å²) in [6.45, 7) is -4.64. The second kappa shape index (κ2) is 13.8. The van der Waals surface area contributed by atoms with E-state index in [-0.39, 0.29) is 13.1 Å². The first-order valence-corrected chi connectivity index (χ1v) is 8.63. The average molecular weight is 451 g/mol. The van der Waals surface area contributed by atoms with Gasteiger partial charge >= 0.3 is 29.8 Å². The molecule has 0 fully saturated rings. The van der Waals surface area contributed by atoms with Gasteiger partial charge in [-0.15, -0.1) is 0 Å². The molecule has 0 rings (SSSR count). The molecular formula is C15H25N5O11. The molecule has 0 saturated carbocycles. The Bertz CT molecular complexity index is 654. The van der Waals surface area contributed by atoms with Crippen molar-refractivity contribution in [2.24, 2.45) is 5.84 Å². The van der Waals surface area contributed by atoms with Crippen molar-refractivity contribution in [1.82, 2.24) is 20.1 Å². The third-order valence-corrected chi connectivity index (χ3v) is 3.80. The van der Waals surface area contributed by atoms with E-state index >= 15 is 0 Å². The zero-order valence-corrected chi connectivity index (χ0v) is 16.3. The van der Waals surface area contributed by atoms with Crippen LogP contribution in [0.3, 0.4) is 0 Å². The lowest BCUT2D eigenvalue weighted by atomic mass is 10.2. The molecule has 0 heterocycles. The van der Waals surface area contributed by atoms with Gasteiger partial charge in [0.05, 0.1) is 32.7 Å². The Labute approximate surface area is 175 Å². The summed E-state index contributed by atoms with van der Waals surface area (Å²) in [5.74, 6) is -2.78. The lowest BCUT2D eigenvalue weighted by Gasteiger charge is -2.32. The van der Waals surface area contributed by atoms with Crippen molar-refractivity contribution in [2.45, 2.75) is 6.04 Å². The number of rotatable bonds is 17. The molecule has 0 aliphatic rings. The van der Waals surface area contributed by atoms with Gasteiger partial charge in [-0.05, 0) is 0 Å². The van der Waals surface area contributed by atoms with Gasteiger partial charge in [-0.2, -0.15) is 0 Å². The minimum absolute atomic E-state index is 0.222.